The molecule has 1 aliphatic rings. The standard InChI is InChI=1S/C10H18O3S/c1-10(2)7-8(10)9(11)5-4-6-14(3,12)13/h8H,4-7H2,1-3H3. The van der Waals surface area contributed by atoms with Gasteiger partial charge in [-0.1, -0.05) is 13.8 Å². The Morgan fingerprint density at radius 3 is 2.29 bits per heavy atom. The second kappa shape index (κ2) is 3.65. The molecule has 1 unspecified atom stereocenters. The summed E-state index contributed by atoms with van der Waals surface area (Å²) in [7, 11) is -2.91. The van der Waals surface area contributed by atoms with Crippen molar-refractivity contribution in [3.05, 3.63) is 0 Å². The third-order valence-electron chi connectivity index (χ3n) is 2.84. The van der Waals surface area contributed by atoms with Gasteiger partial charge in [0.05, 0.1) is 5.75 Å². The topological polar surface area (TPSA) is 51.2 Å². The molecule has 0 heterocycles. The molecule has 0 radical (unpaired) electrons. The van der Waals surface area contributed by atoms with E-state index in [1.165, 1.54) is 6.26 Å². The SMILES string of the molecule is CC1(C)CC1C(=O)CCCS(C)(=O)=O. The number of rotatable bonds is 5. The first-order valence-electron chi connectivity index (χ1n) is 4.93. The lowest BCUT2D eigenvalue weighted by Gasteiger charge is -2.02. The molecule has 1 atom stereocenters. The van der Waals surface area contributed by atoms with Crippen LogP contribution in [0.2, 0.25) is 0 Å². The van der Waals surface area contributed by atoms with Gasteiger partial charge in [-0.05, 0) is 18.3 Å². The van der Waals surface area contributed by atoms with Crippen LogP contribution in [0.5, 0.6) is 0 Å². The Bertz CT molecular complexity index is 327. The van der Waals surface area contributed by atoms with Gasteiger partial charge in [-0.2, -0.15) is 0 Å². The smallest absolute Gasteiger partial charge is 0.147 e. The Morgan fingerprint density at radius 2 is 1.93 bits per heavy atom. The summed E-state index contributed by atoms with van der Waals surface area (Å²) in [5.74, 6) is 0.548. The third-order valence-corrected chi connectivity index (χ3v) is 3.87. The van der Waals surface area contributed by atoms with E-state index in [2.05, 4.69) is 13.8 Å². The van der Waals surface area contributed by atoms with Gasteiger partial charge in [-0.3, -0.25) is 4.79 Å². The van der Waals surface area contributed by atoms with E-state index in [0.717, 1.165) is 6.42 Å². The Hall–Kier alpha value is -0.380. The number of ketones is 1. The minimum atomic E-state index is -2.91. The largest absolute Gasteiger partial charge is 0.299 e. The number of Topliss-reactive ketones (excluding diaryl/α,β-unsaturated/α-hetero) is 1. The highest BCUT2D eigenvalue weighted by molar-refractivity contribution is 7.90. The van der Waals surface area contributed by atoms with E-state index in [4.69, 9.17) is 0 Å². The molecular formula is C10H18O3S. The van der Waals surface area contributed by atoms with Crippen molar-refractivity contribution in [3.8, 4) is 0 Å². The zero-order chi connectivity index (χ0) is 11.0. The molecule has 0 amide bonds. The Labute approximate surface area is 85.8 Å². The maximum atomic E-state index is 11.5. The fourth-order valence-corrected chi connectivity index (χ4v) is 2.37. The first-order chi connectivity index (χ1) is 6.22. The quantitative estimate of drug-likeness (QED) is 0.701. The molecule has 0 N–H and O–H groups in total. The van der Waals surface area contributed by atoms with Crippen molar-refractivity contribution in [2.75, 3.05) is 12.0 Å². The molecule has 1 rings (SSSR count). The van der Waals surface area contributed by atoms with Crippen LogP contribution in [0, 0.1) is 11.3 Å². The Morgan fingerprint density at radius 1 is 1.43 bits per heavy atom. The first kappa shape index (κ1) is 11.7. The van der Waals surface area contributed by atoms with Crippen molar-refractivity contribution in [1.29, 1.82) is 0 Å². The van der Waals surface area contributed by atoms with Crippen LogP contribution in [0.15, 0.2) is 0 Å². The molecule has 82 valence electrons. The van der Waals surface area contributed by atoms with E-state index in [-0.39, 0.29) is 22.9 Å². The third kappa shape index (κ3) is 3.40. The van der Waals surface area contributed by atoms with E-state index < -0.39 is 9.84 Å². The van der Waals surface area contributed by atoms with E-state index in [9.17, 15) is 13.2 Å². The number of sulfone groups is 1. The molecule has 1 aliphatic carbocycles. The molecule has 0 bridgehead atoms. The molecule has 0 aromatic rings. The Kier molecular flexibility index (Phi) is 3.04. The van der Waals surface area contributed by atoms with Gasteiger partial charge in [0, 0.05) is 18.6 Å². The molecule has 14 heavy (non-hydrogen) atoms. The summed E-state index contributed by atoms with van der Waals surface area (Å²) in [6.07, 6.45) is 3.06. The van der Waals surface area contributed by atoms with Crippen LogP contribution >= 0.6 is 0 Å². The normalized spacial score (nSPS) is 24.6. The van der Waals surface area contributed by atoms with Crippen LogP contribution in [0.25, 0.3) is 0 Å². The molecule has 3 nitrogen and oxygen atoms in total. The van der Waals surface area contributed by atoms with E-state index in [1.54, 1.807) is 0 Å². The van der Waals surface area contributed by atoms with Crippen LogP contribution in [-0.4, -0.2) is 26.2 Å². The highest BCUT2D eigenvalue weighted by atomic mass is 32.2. The summed E-state index contributed by atoms with van der Waals surface area (Å²) in [4.78, 5) is 11.5. The van der Waals surface area contributed by atoms with Crippen LogP contribution < -0.4 is 0 Å². The maximum absolute atomic E-state index is 11.5. The van der Waals surface area contributed by atoms with E-state index >= 15 is 0 Å². The number of carbonyl (C=O) groups excluding carboxylic acids is 1. The molecule has 4 heteroatoms. The molecular weight excluding hydrogens is 200 g/mol. The predicted octanol–water partition coefficient (Wildman–Crippen LogP) is 1.43. The summed E-state index contributed by atoms with van der Waals surface area (Å²) < 4.78 is 21.6. The van der Waals surface area contributed by atoms with Gasteiger partial charge >= 0.3 is 0 Å². The minimum absolute atomic E-state index is 0.131. The highest BCUT2D eigenvalue weighted by Crippen LogP contribution is 2.52. The van der Waals surface area contributed by atoms with E-state index in [0.29, 0.717) is 12.8 Å². The molecule has 0 aliphatic heterocycles. The van der Waals surface area contributed by atoms with Gasteiger partial charge in [-0.25, -0.2) is 8.42 Å². The van der Waals surface area contributed by atoms with Crippen LogP contribution in [-0.2, 0) is 14.6 Å². The number of hydrogen-bond acceptors (Lipinski definition) is 3. The summed E-state index contributed by atoms with van der Waals surface area (Å²) in [5.41, 5.74) is 0.169. The lowest BCUT2D eigenvalue weighted by Crippen LogP contribution is -2.09. The summed E-state index contributed by atoms with van der Waals surface area (Å²) in [5, 5.41) is 0. The zero-order valence-electron chi connectivity index (χ0n) is 9.04. The van der Waals surface area contributed by atoms with Crippen molar-refractivity contribution in [2.24, 2.45) is 11.3 Å². The van der Waals surface area contributed by atoms with Gasteiger partial charge in [0.15, 0.2) is 0 Å². The monoisotopic (exact) mass is 218 g/mol. The zero-order valence-corrected chi connectivity index (χ0v) is 9.86. The second-order valence-corrected chi connectivity index (χ2v) is 7.20. The molecule has 1 fully saturated rings. The van der Waals surface area contributed by atoms with Crippen LogP contribution in [0.4, 0.5) is 0 Å². The van der Waals surface area contributed by atoms with Gasteiger partial charge in [0.1, 0.15) is 15.6 Å². The van der Waals surface area contributed by atoms with Gasteiger partial charge in [-0.15, -0.1) is 0 Å². The van der Waals surface area contributed by atoms with Crippen molar-refractivity contribution in [3.63, 3.8) is 0 Å². The predicted molar refractivity (Wildman–Crippen MR) is 55.8 cm³/mol. The van der Waals surface area contributed by atoms with Gasteiger partial charge in [0.25, 0.3) is 0 Å². The first-order valence-corrected chi connectivity index (χ1v) is 6.99. The minimum Gasteiger partial charge on any atom is -0.299 e. The van der Waals surface area contributed by atoms with Gasteiger partial charge in [0.2, 0.25) is 0 Å². The van der Waals surface area contributed by atoms with Crippen molar-refractivity contribution >= 4 is 15.6 Å². The average molecular weight is 218 g/mol. The van der Waals surface area contributed by atoms with Crippen molar-refractivity contribution in [2.45, 2.75) is 33.1 Å². The molecule has 0 aromatic heterocycles. The average Bonchev–Trinajstić information content (AvgIpc) is 2.57. The molecule has 1 saturated carbocycles. The van der Waals surface area contributed by atoms with Crippen LogP contribution in [0.1, 0.15) is 33.1 Å². The fourth-order valence-electron chi connectivity index (χ4n) is 1.70. The van der Waals surface area contributed by atoms with Crippen LogP contribution in [0.3, 0.4) is 0 Å². The number of carbonyl (C=O) groups is 1. The van der Waals surface area contributed by atoms with Crippen molar-refractivity contribution in [1.82, 2.24) is 0 Å². The Balaban J connectivity index is 2.24. The second-order valence-electron chi connectivity index (χ2n) is 4.95. The van der Waals surface area contributed by atoms with Crippen molar-refractivity contribution < 1.29 is 13.2 Å². The lowest BCUT2D eigenvalue weighted by molar-refractivity contribution is -0.120. The highest BCUT2D eigenvalue weighted by Gasteiger charge is 2.49. The summed E-state index contributed by atoms with van der Waals surface area (Å²) >= 11 is 0. The summed E-state index contributed by atoms with van der Waals surface area (Å²) in [6.45, 7) is 4.15. The fraction of sp³-hybridized carbons (Fsp3) is 0.900. The molecule has 0 spiro atoms. The lowest BCUT2D eigenvalue weighted by atomic mass is 10.0. The maximum Gasteiger partial charge on any atom is 0.147 e. The molecule has 0 aromatic carbocycles. The van der Waals surface area contributed by atoms with Gasteiger partial charge < -0.3 is 0 Å². The summed E-state index contributed by atoms with van der Waals surface area (Å²) in [6, 6.07) is 0. The molecule has 0 saturated heterocycles. The number of hydrogen-bond donors (Lipinski definition) is 0. The van der Waals surface area contributed by atoms with E-state index in [1.807, 2.05) is 0 Å².